The summed E-state index contributed by atoms with van der Waals surface area (Å²) in [6.45, 7) is 0.753. The van der Waals surface area contributed by atoms with Crippen LogP contribution >= 0.6 is 0 Å². The number of carbonyl (C=O) groups excluding carboxylic acids is 1. The van der Waals surface area contributed by atoms with E-state index in [-0.39, 0.29) is 5.78 Å². The Balaban J connectivity index is 1.92. The molecule has 0 amide bonds. The minimum absolute atomic E-state index is 0.231. The van der Waals surface area contributed by atoms with Gasteiger partial charge in [0.2, 0.25) is 0 Å². The van der Waals surface area contributed by atoms with E-state index in [1.54, 1.807) is 6.20 Å². The average Bonchev–Trinajstić information content (AvgIpc) is 2.86. The summed E-state index contributed by atoms with van der Waals surface area (Å²) in [5, 5.41) is 4.28. The van der Waals surface area contributed by atoms with Crippen molar-refractivity contribution in [3.8, 4) is 0 Å². The van der Waals surface area contributed by atoms with E-state index in [2.05, 4.69) is 17.2 Å². The van der Waals surface area contributed by atoms with E-state index >= 15 is 0 Å². The van der Waals surface area contributed by atoms with Crippen molar-refractivity contribution < 1.29 is 4.79 Å². The Morgan fingerprint density at radius 3 is 2.81 bits per heavy atom. The van der Waals surface area contributed by atoms with Gasteiger partial charge < -0.3 is 0 Å². The number of fused-ring (bicyclic) bond motifs is 1. The summed E-state index contributed by atoms with van der Waals surface area (Å²) >= 11 is 0. The maximum Gasteiger partial charge on any atom is 0.166 e. The van der Waals surface area contributed by atoms with Crippen LogP contribution in [-0.4, -0.2) is 15.6 Å². The van der Waals surface area contributed by atoms with Crippen molar-refractivity contribution in [1.29, 1.82) is 0 Å². The van der Waals surface area contributed by atoms with E-state index in [0.29, 0.717) is 6.42 Å². The van der Waals surface area contributed by atoms with Crippen LogP contribution in [0.15, 0.2) is 36.5 Å². The highest BCUT2D eigenvalue weighted by Gasteiger charge is 2.23. The first-order valence-electron chi connectivity index (χ1n) is 5.46. The quantitative estimate of drug-likeness (QED) is 0.763. The SMILES string of the molecule is O=C1CCc2c1cnn2Cc1ccccc1. The minimum Gasteiger partial charge on any atom is -0.294 e. The van der Waals surface area contributed by atoms with Gasteiger partial charge in [0.25, 0.3) is 0 Å². The lowest BCUT2D eigenvalue weighted by molar-refractivity contribution is 0.0994. The van der Waals surface area contributed by atoms with E-state index in [1.807, 2.05) is 22.9 Å². The van der Waals surface area contributed by atoms with Crippen LogP contribution in [0.25, 0.3) is 0 Å². The molecule has 0 fully saturated rings. The van der Waals surface area contributed by atoms with Gasteiger partial charge in [0, 0.05) is 6.42 Å². The largest absolute Gasteiger partial charge is 0.294 e. The number of carbonyl (C=O) groups is 1. The molecule has 1 aliphatic carbocycles. The van der Waals surface area contributed by atoms with E-state index < -0.39 is 0 Å². The van der Waals surface area contributed by atoms with E-state index in [0.717, 1.165) is 24.2 Å². The smallest absolute Gasteiger partial charge is 0.166 e. The second kappa shape index (κ2) is 3.59. The lowest BCUT2D eigenvalue weighted by Gasteiger charge is -2.04. The highest BCUT2D eigenvalue weighted by atomic mass is 16.1. The van der Waals surface area contributed by atoms with Crippen molar-refractivity contribution in [1.82, 2.24) is 9.78 Å². The van der Waals surface area contributed by atoms with Crippen molar-refractivity contribution in [2.24, 2.45) is 0 Å². The molecule has 0 unspecified atom stereocenters. The monoisotopic (exact) mass is 212 g/mol. The van der Waals surface area contributed by atoms with Gasteiger partial charge in [-0.25, -0.2) is 0 Å². The van der Waals surface area contributed by atoms with Crippen LogP contribution in [0.2, 0.25) is 0 Å². The Morgan fingerprint density at radius 1 is 1.19 bits per heavy atom. The van der Waals surface area contributed by atoms with Crippen molar-refractivity contribution >= 4 is 5.78 Å². The molecule has 3 heteroatoms. The lowest BCUT2D eigenvalue weighted by atomic mass is 10.2. The van der Waals surface area contributed by atoms with Crippen LogP contribution in [0, 0.1) is 0 Å². The second-order valence-electron chi connectivity index (χ2n) is 4.07. The highest BCUT2D eigenvalue weighted by molar-refractivity contribution is 5.99. The van der Waals surface area contributed by atoms with Crippen molar-refractivity contribution in [2.45, 2.75) is 19.4 Å². The van der Waals surface area contributed by atoms with Gasteiger partial charge in [0.15, 0.2) is 5.78 Å². The van der Waals surface area contributed by atoms with Crippen molar-refractivity contribution in [3.05, 3.63) is 53.3 Å². The van der Waals surface area contributed by atoms with Crippen LogP contribution in [-0.2, 0) is 13.0 Å². The molecule has 0 N–H and O–H groups in total. The number of aromatic nitrogens is 2. The first-order valence-corrected chi connectivity index (χ1v) is 5.46. The summed E-state index contributed by atoms with van der Waals surface area (Å²) in [5.41, 5.74) is 3.12. The Hall–Kier alpha value is -1.90. The zero-order valence-electron chi connectivity index (χ0n) is 8.89. The maximum absolute atomic E-state index is 11.5. The fourth-order valence-electron chi connectivity index (χ4n) is 2.17. The normalized spacial score (nSPS) is 14.1. The molecule has 0 saturated carbocycles. The van der Waals surface area contributed by atoms with Crippen LogP contribution in [0.4, 0.5) is 0 Å². The number of rotatable bonds is 2. The van der Waals surface area contributed by atoms with E-state index in [1.165, 1.54) is 5.56 Å². The zero-order chi connectivity index (χ0) is 11.0. The third-order valence-corrected chi connectivity index (χ3v) is 3.01. The van der Waals surface area contributed by atoms with Gasteiger partial charge >= 0.3 is 0 Å². The molecule has 0 bridgehead atoms. The molecule has 0 saturated heterocycles. The Kier molecular flexibility index (Phi) is 2.10. The van der Waals surface area contributed by atoms with E-state index in [9.17, 15) is 4.79 Å². The number of hydrogen-bond acceptors (Lipinski definition) is 2. The van der Waals surface area contributed by atoms with Gasteiger partial charge in [-0.05, 0) is 12.0 Å². The fourth-order valence-corrected chi connectivity index (χ4v) is 2.17. The van der Waals surface area contributed by atoms with Crippen molar-refractivity contribution in [3.63, 3.8) is 0 Å². The van der Waals surface area contributed by atoms with Gasteiger partial charge in [0.05, 0.1) is 24.0 Å². The van der Waals surface area contributed by atoms with Crippen LogP contribution in [0.1, 0.15) is 28.0 Å². The molecule has 3 nitrogen and oxygen atoms in total. The fraction of sp³-hybridized carbons (Fsp3) is 0.231. The summed E-state index contributed by atoms with van der Waals surface area (Å²) in [7, 11) is 0. The molecule has 3 rings (SSSR count). The van der Waals surface area contributed by atoms with Gasteiger partial charge in [0.1, 0.15) is 0 Å². The molecular weight excluding hydrogens is 200 g/mol. The minimum atomic E-state index is 0.231. The Bertz CT molecular complexity index is 528. The Morgan fingerprint density at radius 2 is 2.00 bits per heavy atom. The molecule has 0 atom stereocenters. The molecule has 16 heavy (non-hydrogen) atoms. The van der Waals surface area contributed by atoms with E-state index in [4.69, 9.17) is 0 Å². The first-order chi connectivity index (χ1) is 7.84. The topological polar surface area (TPSA) is 34.9 Å². The summed E-state index contributed by atoms with van der Waals surface area (Å²) < 4.78 is 1.94. The number of ketones is 1. The zero-order valence-corrected chi connectivity index (χ0v) is 8.89. The number of benzene rings is 1. The van der Waals surface area contributed by atoms with Gasteiger partial charge in [-0.1, -0.05) is 30.3 Å². The molecule has 0 radical (unpaired) electrons. The Labute approximate surface area is 93.7 Å². The molecular formula is C13H12N2O. The molecule has 1 aromatic heterocycles. The van der Waals surface area contributed by atoms with Gasteiger partial charge in [-0.2, -0.15) is 5.10 Å². The van der Waals surface area contributed by atoms with Gasteiger partial charge in [-0.15, -0.1) is 0 Å². The standard InChI is InChI=1S/C13H12N2O/c16-13-7-6-12-11(13)8-14-15(12)9-10-4-2-1-3-5-10/h1-5,8H,6-7,9H2. The summed E-state index contributed by atoms with van der Waals surface area (Å²) in [5.74, 6) is 0.231. The molecule has 80 valence electrons. The third-order valence-electron chi connectivity index (χ3n) is 3.01. The number of nitrogens with zero attached hydrogens (tertiary/aromatic N) is 2. The predicted octanol–water partition coefficient (Wildman–Crippen LogP) is 2.06. The maximum atomic E-state index is 11.5. The number of Topliss-reactive ketones (excluding diaryl/α,β-unsaturated/α-hetero) is 1. The molecule has 1 heterocycles. The average molecular weight is 212 g/mol. The van der Waals surface area contributed by atoms with Crippen molar-refractivity contribution in [2.75, 3.05) is 0 Å². The molecule has 2 aromatic rings. The predicted molar refractivity (Wildman–Crippen MR) is 60.4 cm³/mol. The highest BCUT2D eigenvalue weighted by Crippen LogP contribution is 2.21. The molecule has 0 aliphatic heterocycles. The molecule has 1 aromatic carbocycles. The second-order valence-corrected chi connectivity index (χ2v) is 4.07. The summed E-state index contributed by atoms with van der Waals surface area (Å²) in [4.78, 5) is 11.5. The lowest BCUT2D eigenvalue weighted by Crippen LogP contribution is -2.05. The summed E-state index contributed by atoms with van der Waals surface area (Å²) in [6.07, 6.45) is 3.18. The van der Waals surface area contributed by atoms with Crippen LogP contribution in [0.3, 0.4) is 0 Å². The molecule has 0 spiro atoms. The first kappa shape index (κ1) is 9.33. The summed E-state index contributed by atoms with van der Waals surface area (Å²) in [6, 6.07) is 10.2. The van der Waals surface area contributed by atoms with Crippen LogP contribution in [0.5, 0.6) is 0 Å². The number of hydrogen-bond donors (Lipinski definition) is 0. The third kappa shape index (κ3) is 1.45. The molecule has 1 aliphatic rings. The van der Waals surface area contributed by atoms with Gasteiger partial charge in [-0.3, -0.25) is 9.48 Å². The van der Waals surface area contributed by atoms with Crippen LogP contribution < -0.4 is 0 Å².